The van der Waals surface area contributed by atoms with Crippen molar-refractivity contribution in [1.29, 1.82) is 0 Å². The molecule has 2 heteroatoms. The summed E-state index contributed by atoms with van der Waals surface area (Å²) in [6.45, 7) is 4.81. The molecule has 1 unspecified atom stereocenters. The van der Waals surface area contributed by atoms with E-state index in [0.29, 0.717) is 13.0 Å². The van der Waals surface area contributed by atoms with Crippen molar-refractivity contribution in [1.82, 2.24) is 0 Å². The molecule has 2 aromatic rings. The first-order valence-corrected chi connectivity index (χ1v) is 7.16. The third-order valence-corrected chi connectivity index (χ3v) is 3.25. The van der Waals surface area contributed by atoms with E-state index < -0.39 is 6.10 Å². The monoisotopic (exact) mass is 270 g/mol. The molecule has 0 radical (unpaired) electrons. The Morgan fingerprint density at radius 1 is 1.10 bits per heavy atom. The van der Waals surface area contributed by atoms with E-state index in [4.69, 9.17) is 4.74 Å². The van der Waals surface area contributed by atoms with Crippen LogP contribution in [0, 0.1) is 6.92 Å². The molecule has 0 bridgehead atoms. The maximum atomic E-state index is 10.5. The van der Waals surface area contributed by atoms with Gasteiger partial charge in [-0.15, -0.1) is 0 Å². The Morgan fingerprint density at radius 2 is 1.90 bits per heavy atom. The molecule has 0 saturated carbocycles. The third-order valence-electron chi connectivity index (χ3n) is 3.25. The first-order valence-electron chi connectivity index (χ1n) is 7.16. The zero-order valence-electron chi connectivity index (χ0n) is 12.2. The molecule has 0 amide bonds. The van der Waals surface area contributed by atoms with Gasteiger partial charge in [-0.05, 0) is 25.0 Å². The van der Waals surface area contributed by atoms with E-state index in [9.17, 15) is 5.11 Å². The molecular formula is C18H22O2. The summed E-state index contributed by atoms with van der Waals surface area (Å²) >= 11 is 0. The van der Waals surface area contributed by atoms with Gasteiger partial charge in [0.05, 0.1) is 12.7 Å². The lowest BCUT2D eigenvalue weighted by atomic mass is 9.99. The average Bonchev–Trinajstić information content (AvgIpc) is 2.45. The summed E-state index contributed by atoms with van der Waals surface area (Å²) in [5, 5.41) is 10.5. The second-order valence-electron chi connectivity index (χ2n) is 5.10. The summed E-state index contributed by atoms with van der Waals surface area (Å²) in [5.41, 5.74) is 3.22. The van der Waals surface area contributed by atoms with Gasteiger partial charge in [-0.25, -0.2) is 0 Å². The summed E-state index contributed by atoms with van der Waals surface area (Å²) in [4.78, 5) is 0. The van der Waals surface area contributed by atoms with Gasteiger partial charge in [-0.1, -0.05) is 55.0 Å². The van der Waals surface area contributed by atoms with Crippen LogP contribution in [0.1, 0.15) is 36.1 Å². The number of benzene rings is 2. The number of ether oxygens (including phenoxy) is 1. The van der Waals surface area contributed by atoms with Crippen molar-refractivity contribution in [3.63, 3.8) is 0 Å². The predicted octanol–water partition coefficient (Wildman–Crippen LogP) is 4.06. The van der Waals surface area contributed by atoms with E-state index in [1.54, 1.807) is 0 Å². The number of aliphatic hydroxyl groups excluding tert-OH is 1. The van der Waals surface area contributed by atoms with Crippen LogP contribution in [0.25, 0.3) is 0 Å². The molecule has 0 saturated heterocycles. The Hall–Kier alpha value is -1.80. The number of hydrogen-bond donors (Lipinski definition) is 1. The highest BCUT2D eigenvalue weighted by Gasteiger charge is 2.13. The topological polar surface area (TPSA) is 29.5 Å². The quantitative estimate of drug-likeness (QED) is 0.857. The van der Waals surface area contributed by atoms with Crippen molar-refractivity contribution in [2.24, 2.45) is 0 Å². The molecule has 2 aromatic carbocycles. The molecule has 0 aliphatic rings. The predicted molar refractivity (Wildman–Crippen MR) is 82.1 cm³/mol. The average molecular weight is 270 g/mol. The normalized spacial score (nSPS) is 12.2. The fourth-order valence-electron chi connectivity index (χ4n) is 2.27. The fraction of sp³-hybridized carbons (Fsp3) is 0.333. The SMILES string of the molecule is CCCOc1ccccc1C(O)Cc1cccc(C)c1. The molecule has 2 nitrogen and oxygen atoms in total. The van der Waals surface area contributed by atoms with Crippen molar-refractivity contribution in [2.75, 3.05) is 6.61 Å². The number of para-hydroxylation sites is 1. The molecule has 0 aliphatic carbocycles. The Morgan fingerprint density at radius 3 is 2.65 bits per heavy atom. The molecule has 1 N–H and O–H groups in total. The number of aliphatic hydroxyl groups is 1. The Bertz CT molecular complexity index is 549. The summed E-state index contributed by atoms with van der Waals surface area (Å²) in [6, 6.07) is 16.0. The molecule has 0 aliphatic heterocycles. The minimum absolute atomic E-state index is 0.537. The van der Waals surface area contributed by atoms with Crippen molar-refractivity contribution in [2.45, 2.75) is 32.8 Å². The van der Waals surface area contributed by atoms with Crippen LogP contribution < -0.4 is 4.74 Å². The molecule has 1 atom stereocenters. The van der Waals surface area contributed by atoms with Gasteiger partial charge >= 0.3 is 0 Å². The van der Waals surface area contributed by atoms with Gasteiger partial charge in [0.15, 0.2) is 0 Å². The van der Waals surface area contributed by atoms with Crippen molar-refractivity contribution in [3.05, 3.63) is 65.2 Å². The van der Waals surface area contributed by atoms with Crippen LogP contribution in [0.2, 0.25) is 0 Å². The second-order valence-corrected chi connectivity index (χ2v) is 5.10. The van der Waals surface area contributed by atoms with E-state index >= 15 is 0 Å². The molecule has 0 spiro atoms. The fourth-order valence-corrected chi connectivity index (χ4v) is 2.27. The van der Waals surface area contributed by atoms with E-state index in [2.05, 4.69) is 26.0 Å². The third kappa shape index (κ3) is 3.84. The lowest BCUT2D eigenvalue weighted by Gasteiger charge is -2.16. The number of rotatable bonds is 6. The Labute approximate surface area is 121 Å². The number of hydrogen-bond acceptors (Lipinski definition) is 2. The van der Waals surface area contributed by atoms with Crippen molar-refractivity contribution < 1.29 is 9.84 Å². The van der Waals surface area contributed by atoms with Crippen LogP contribution >= 0.6 is 0 Å². The molecule has 20 heavy (non-hydrogen) atoms. The van der Waals surface area contributed by atoms with E-state index in [1.807, 2.05) is 36.4 Å². The van der Waals surface area contributed by atoms with Crippen LogP contribution in [0.4, 0.5) is 0 Å². The van der Waals surface area contributed by atoms with Gasteiger partial charge in [0.1, 0.15) is 5.75 Å². The highest BCUT2D eigenvalue weighted by molar-refractivity contribution is 5.36. The van der Waals surface area contributed by atoms with Gasteiger partial charge in [-0.3, -0.25) is 0 Å². The first kappa shape index (κ1) is 14.6. The van der Waals surface area contributed by atoms with Crippen LogP contribution in [0.5, 0.6) is 5.75 Å². The van der Waals surface area contributed by atoms with Gasteiger partial charge in [0.25, 0.3) is 0 Å². The smallest absolute Gasteiger partial charge is 0.125 e. The second kappa shape index (κ2) is 7.11. The summed E-state index contributed by atoms with van der Waals surface area (Å²) in [6.07, 6.45) is 1.03. The van der Waals surface area contributed by atoms with Gasteiger partial charge in [-0.2, -0.15) is 0 Å². The largest absolute Gasteiger partial charge is 0.493 e. The maximum absolute atomic E-state index is 10.5. The van der Waals surface area contributed by atoms with E-state index in [1.165, 1.54) is 5.56 Å². The lowest BCUT2D eigenvalue weighted by molar-refractivity contribution is 0.171. The molecule has 0 aromatic heterocycles. The molecule has 106 valence electrons. The van der Waals surface area contributed by atoms with E-state index in [0.717, 1.165) is 23.3 Å². The highest BCUT2D eigenvalue weighted by Crippen LogP contribution is 2.27. The van der Waals surface area contributed by atoms with Crippen molar-refractivity contribution in [3.8, 4) is 5.75 Å². The zero-order valence-corrected chi connectivity index (χ0v) is 12.2. The van der Waals surface area contributed by atoms with Gasteiger partial charge < -0.3 is 9.84 Å². The van der Waals surface area contributed by atoms with Crippen LogP contribution in [-0.4, -0.2) is 11.7 Å². The van der Waals surface area contributed by atoms with Crippen LogP contribution in [0.3, 0.4) is 0 Å². The van der Waals surface area contributed by atoms with Gasteiger partial charge in [0.2, 0.25) is 0 Å². The molecule has 0 fully saturated rings. The molecule has 0 heterocycles. The summed E-state index contributed by atoms with van der Waals surface area (Å²) in [5.74, 6) is 0.787. The van der Waals surface area contributed by atoms with Gasteiger partial charge in [0, 0.05) is 12.0 Å². The van der Waals surface area contributed by atoms with Crippen molar-refractivity contribution >= 4 is 0 Å². The minimum atomic E-state index is -0.537. The lowest BCUT2D eigenvalue weighted by Crippen LogP contribution is -2.06. The Kier molecular flexibility index (Phi) is 5.19. The van der Waals surface area contributed by atoms with E-state index in [-0.39, 0.29) is 0 Å². The zero-order chi connectivity index (χ0) is 14.4. The highest BCUT2D eigenvalue weighted by atomic mass is 16.5. The number of aryl methyl sites for hydroxylation is 1. The van der Waals surface area contributed by atoms with Crippen LogP contribution in [-0.2, 0) is 6.42 Å². The summed E-state index contributed by atoms with van der Waals surface area (Å²) in [7, 11) is 0. The summed E-state index contributed by atoms with van der Waals surface area (Å²) < 4.78 is 5.71. The Balaban J connectivity index is 2.14. The molecule has 2 rings (SSSR count). The minimum Gasteiger partial charge on any atom is -0.493 e. The first-order chi connectivity index (χ1) is 9.70. The maximum Gasteiger partial charge on any atom is 0.125 e. The molecular weight excluding hydrogens is 248 g/mol. The standard InChI is InChI=1S/C18H22O2/c1-3-11-20-18-10-5-4-9-16(18)17(19)13-15-8-6-7-14(2)12-15/h4-10,12,17,19H,3,11,13H2,1-2H3. The van der Waals surface area contributed by atoms with Crippen LogP contribution in [0.15, 0.2) is 48.5 Å².